The van der Waals surface area contributed by atoms with Gasteiger partial charge in [0.2, 0.25) is 5.91 Å². The van der Waals surface area contributed by atoms with Crippen LogP contribution in [0, 0.1) is 13.8 Å². The summed E-state index contributed by atoms with van der Waals surface area (Å²) in [5, 5.41) is 6.54. The second-order valence-corrected chi connectivity index (χ2v) is 6.98. The van der Waals surface area contributed by atoms with Crippen molar-refractivity contribution >= 4 is 23.1 Å². The molecule has 0 spiro atoms. The minimum atomic E-state index is -0.136. The quantitative estimate of drug-likeness (QED) is 0.708. The second-order valence-electron chi connectivity index (χ2n) is 5.61. The van der Waals surface area contributed by atoms with E-state index in [0.29, 0.717) is 24.7 Å². The van der Waals surface area contributed by atoms with E-state index in [-0.39, 0.29) is 12.5 Å². The van der Waals surface area contributed by atoms with Gasteiger partial charge in [0.05, 0.1) is 19.4 Å². The first-order valence-electron chi connectivity index (χ1n) is 7.62. The molecule has 6 nitrogen and oxygen atoms in total. The van der Waals surface area contributed by atoms with E-state index in [2.05, 4.69) is 29.5 Å². The fraction of sp³-hybridized carbons (Fsp3) is 0.294. The predicted molar refractivity (Wildman–Crippen MR) is 91.7 cm³/mol. The molecule has 0 aliphatic carbocycles. The first-order chi connectivity index (χ1) is 11.6. The molecule has 0 unspecified atom stereocenters. The van der Waals surface area contributed by atoms with E-state index in [1.165, 1.54) is 9.75 Å². The van der Waals surface area contributed by atoms with Crippen LogP contribution in [-0.2, 0) is 17.9 Å². The normalized spacial score (nSPS) is 11.1. The Balaban J connectivity index is 1.65. The third-order valence-corrected chi connectivity index (χ3v) is 4.38. The summed E-state index contributed by atoms with van der Waals surface area (Å²) >= 11 is 1.73. The number of anilines is 1. The molecule has 0 saturated carbocycles. The van der Waals surface area contributed by atoms with Crippen LogP contribution in [0.2, 0.25) is 0 Å². The number of aryl methyl sites for hydroxylation is 2. The fourth-order valence-electron chi connectivity index (χ4n) is 2.39. The molecule has 3 rings (SSSR count). The topological polar surface area (TPSA) is 71.5 Å². The molecule has 0 fully saturated rings. The van der Waals surface area contributed by atoms with Gasteiger partial charge in [0.25, 0.3) is 0 Å². The van der Waals surface area contributed by atoms with Gasteiger partial charge in [-0.3, -0.25) is 9.69 Å². The van der Waals surface area contributed by atoms with Gasteiger partial charge in [0, 0.05) is 22.4 Å². The third kappa shape index (κ3) is 4.56. The average Bonchev–Trinajstić information content (AvgIpc) is 3.24. The molecule has 0 aliphatic heterocycles. The first kappa shape index (κ1) is 16.5. The monoisotopic (exact) mass is 345 g/mol. The van der Waals surface area contributed by atoms with Crippen LogP contribution in [0.15, 0.2) is 45.5 Å². The Hall–Kier alpha value is -2.38. The smallest absolute Gasteiger partial charge is 0.239 e. The predicted octanol–water partition coefficient (Wildman–Crippen LogP) is 3.59. The molecule has 1 N–H and O–H groups in total. The summed E-state index contributed by atoms with van der Waals surface area (Å²) in [7, 11) is 0. The summed E-state index contributed by atoms with van der Waals surface area (Å²) in [6, 6.07) is 9.63. The van der Waals surface area contributed by atoms with Gasteiger partial charge in [0.1, 0.15) is 11.5 Å². The molecule has 3 aromatic rings. The standard InChI is InChI=1S/C17H19N3O3S/c1-12-8-16(19-23-12)18-17(21)11-20(9-14-4-3-7-22-14)10-15-6-5-13(2)24-15/h3-8H,9-11H2,1-2H3,(H,18,19,21). The lowest BCUT2D eigenvalue weighted by atomic mass is 10.3. The summed E-state index contributed by atoms with van der Waals surface area (Å²) in [5.74, 6) is 1.78. The molecule has 24 heavy (non-hydrogen) atoms. The van der Waals surface area contributed by atoms with Crippen molar-refractivity contribution in [2.45, 2.75) is 26.9 Å². The third-order valence-electron chi connectivity index (χ3n) is 3.40. The minimum absolute atomic E-state index is 0.136. The first-order valence-corrected chi connectivity index (χ1v) is 8.43. The van der Waals surface area contributed by atoms with Crippen LogP contribution in [0.4, 0.5) is 5.82 Å². The van der Waals surface area contributed by atoms with Crippen LogP contribution in [0.3, 0.4) is 0 Å². The number of nitrogens with one attached hydrogen (secondary N) is 1. The maximum absolute atomic E-state index is 12.3. The van der Waals surface area contributed by atoms with Crippen molar-refractivity contribution in [3.05, 3.63) is 57.9 Å². The summed E-state index contributed by atoms with van der Waals surface area (Å²) in [6.45, 7) is 5.35. The highest BCUT2D eigenvalue weighted by Gasteiger charge is 2.15. The molecular formula is C17H19N3O3S. The van der Waals surface area contributed by atoms with Crippen molar-refractivity contribution < 1.29 is 13.7 Å². The Labute approximate surface area is 144 Å². The molecule has 0 atom stereocenters. The average molecular weight is 345 g/mol. The Bertz CT molecular complexity index is 792. The minimum Gasteiger partial charge on any atom is -0.468 e. The highest BCUT2D eigenvalue weighted by molar-refractivity contribution is 7.11. The number of furan rings is 1. The molecule has 3 heterocycles. The van der Waals surface area contributed by atoms with Gasteiger partial charge in [-0.2, -0.15) is 0 Å². The number of rotatable bonds is 7. The zero-order valence-corrected chi connectivity index (χ0v) is 14.4. The van der Waals surface area contributed by atoms with Crippen LogP contribution in [0.25, 0.3) is 0 Å². The number of aromatic nitrogens is 1. The second kappa shape index (κ2) is 7.46. The van der Waals surface area contributed by atoms with Crippen molar-refractivity contribution in [2.75, 3.05) is 11.9 Å². The highest BCUT2D eigenvalue weighted by atomic mass is 32.1. The van der Waals surface area contributed by atoms with Crippen LogP contribution in [0.1, 0.15) is 21.3 Å². The van der Waals surface area contributed by atoms with E-state index in [4.69, 9.17) is 8.94 Å². The number of carbonyl (C=O) groups is 1. The highest BCUT2D eigenvalue weighted by Crippen LogP contribution is 2.18. The Morgan fingerprint density at radius 1 is 1.29 bits per heavy atom. The number of thiophene rings is 1. The lowest BCUT2D eigenvalue weighted by Crippen LogP contribution is -2.32. The molecule has 0 saturated heterocycles. The summed E-state index contributed by atoms with van der Waals surface area (Å²) < 4.78 is 10.4. The number of nitrogens with zero attached hydrogens (tertiary/aromatic N) is 2. The van der Waals surface area contributed by atoms with Gasteiger partial charge >= 0.3 is 0 Å². The van der Waals surface area contributed by atoms with Crippen LogP contribution in [0.5, 0.6) is 0 Å². The summed E-state index contributed by atoms with van der Waals surface area (Å²) in [5.41, 5.74) is 0. The summed E-state index contributed by atoms with van der Waals surface area (Å²) in [6.07, 6.45) is 1.64. The van der Waals surface area contributed by atoms with Gasteiger partial charge in [-0.25, -0.2) is 0 Å². The van der Waals surface area contributed by atoms with E-state index in [0.717, 1.165) is 5.76 Å². The van der Waals surface area contributed by atoms with Crippen molar-refractivity contribution in [1.82, 2.24) is 10.1 Å². The zero-order chi connectivity index (χ0) is 16.9. The van der Waals surface area contributed by atoms with Crippen LogP contribution in [-0.4, -0.2) is 22.5 Å². The lowest BCUT2D eigenvalue weighted by molar-refractivity contribution is -0.117. The van der Waals surface area contributed by atoms with Gasteiger partial charge in [-0.05, 0) is 38.1 Å². The molecule has 0 aliphatic rings. The maximum Gasteiger partial charge on any atom is 0.239 e. The van der Waals surface area contributed by atoms with Crippen molar-refractivity contribution in [2.24, 2.45) is 0 Å². The number of carbonyl (C=O) groups excluding carboxylic acids is 1. The van der Waals surface area contributed by atoms with E-state index < -0.39 is 0 Å². The fourth-order valence-corrected chi connectivity index (χ4v) is 3.32. The van der Waals surface area contributed by atoms with Crippen LogP contribution >= 0.6 is 11.3 Å². The van der Waals surface area contributed by atoms with Gasteiger partial charge in [-0.1, -0.05) is 5.16 Å². The molecule has 1 amide bonds. The van der Waals surface area contributed by atoms with Crippen molar-refractivity contribution in [1.29, 1.82) is 0 Å². The van der Waals surface area contributed by atoms with E-state index in [1.807, 2.05) is 17.0 Å². The van der Waals surface area contributed by atoms with E-state index in [1.54, 1.807) is 30.6 Å². The Morgan fingerprint density at radius 2 is 2.17 bits per heavy atom. The molecule has 7 heteroatoms. The molecule has 126 valence electrons. The molecule has 0 bridgehead atoms. The van der Waals surface area contributed by atoms with E-state index in [9.17, 15) is 4.79 Å². The molecule has 0 radical (unpaired) electrons. The number of amides is 1. The number of hydrogen-bond donors (Lipinski definition) is 1. The SMILES string of the molecule is Cc1cc(NC(=O)CN(Cc2ccco2)Cc2ccc(C)s2)no1. The number of hydrogen-bond acceptors (Lipinski definition) is 6. The molecule has 3 aromatic heterocycles. The Kier molecular flexibility index (Phi) is 5.12. The lowest BCUT2D eigenvalue weighted by Gasteiger charge is -2.19. The maximum atomic E-state index is 12.3. The van der Waals surface area contributed by atoms with E-state index >= 15 is 0 Å². The largest absolute Gasteiger partial charge is 0.468 e. The Morgan fingerprint density at radius 3 is 2.79 bits per heavy atom. The zero-order valence-electron chi connectivity index (χ0n) is 13.6. The van der Waals surface area contributed by atoms with Gasteiger partial charge < -0.3 is 14.3 Å². The van der Waals surface area contributed by atoms with Gasteiger partial charge in [0.15, 0.2) is 5.82 Å². The molecule has 0 aromatic carbocycles. The van der Waals surface area contributed by atoms with Crippen molar-refractivity contribution in [3.8, 4) is 0 Å². The summed E-state index contributed by atoms with van der Waals surface area (Å²) in [4.78, 5) is 16.8. The van der Waals surface area contributed by atoms with Crippen LogP contribution < -0.4 is 5.32 Å². The molecular weight excluding hydrogens is 326 g/mol. The van der Waals surface area contributed by atoms with Crippen molar-refractivity contribution in [3.63, 3.8) is 0 Å². The van der Waals surface area contributed by atoms with Gasteiger partial charge in [-0.15, -0.1) is 11.3 Å².